The summed E-state index contributed by atoms with van der Waals surface area (Å²) in [4.78, 5) is 52.5. The van der Waals surface area contributed by atoms with Gasteiger partial charge < -0.3 is 29.2 Å². The van der Waals surface area contributed by atoms with Crippen LogP contribution in [0.5, 0.6) is 34.5 Å². The minimum Gasteiger partial charge on any atom is -0.508 e. The van der Waals surface area contributed by atoms with Crippen molar-refractivity contribution < 1.29 is 48.3 Å². The van der Waals surface area contributed by atoms with Crippen molar-refractivity contribution in [3.05, 3.63) is 201 Å². The molecule has 0 aliphatic heterocycles. The van der Waals surface area contributed by atoms with Crippen LogP contribution >= 0.6 is 11.3 Å². The molecule has 7 rings (SSSR count). The van der Waals surface area contributed by atoms with E-state index in [1.807, 2.05) is 48.5 Å². The van der Waals surface area contributed by atoms with Gasteiger partial charge >= 0.3 is 23.9 Å². The van der Waals surface area contributed by atoms with Gasteiger partial charge in [0.15, 0.2) is 0 Å². The summed E-state index contributed by atoms with van der Waals surface area (Å²) in [5.74, 6) is -1.56. The lowest BCUT2D eigenvalue weighted by Gasteiger charge is -2.26. The van der Waals surface area contributed by atoms with Crippen molar-refractivity contribution in [2.45, 2.75) is 38.5 Å². The molecule has 11 heteroatoms. The third-order valence-corrected chi connectivity index (χ3v) is 11.4. The first-order chi connectivity index (χ1) is 29.1. The van der Waals surface area contributed by atoms with Gasteiger partial charge in [0, 0.05) is 10.8 Å². The SMILES string of the molecule is CC(C)(c1ccc(O)cc1)c1ccc(OC(=O)c2cccc(OC(=O)c3ccc(C(=O)Oc4cccc(C(=O)Oc5ccc(C(C)(C)c6ccc(O)cc6)cc5)c4)s3)c2)cc1. The molecule has 0 aliphatic carbocycles. The summed E-state index contributed by atoms with van der Waals surface area (Å²) >= 11 is 0.861. The molecule has 2 N–H and O–H groups in total. The highest BCUT2D eigenvalue weighted by Crippen LogP contribution is 2.35. The van der Waals surface area contributed by atoms with Crippen LogP contribution in [-0.2, 0) is 10.8 Å². The van der Waals surface area contributed by atoms with Crippen LogP contribution in [0.1, 0.15) is 90.0 Å². The van der Waals surface area contributed by atoms with Crippen LogP contribution in [0.3, 0.4) is 0 Å². The summed E-state index contributed by atoms with van der Waals surface area (Å²) in [6.45, 7) is 8.23. The number of phenols is 2. The van der Waals surface area contributed by atoms with Crippen LogP contribution in [0.25, 0.3) is 0 Å². The summed E-state index contributed by atoms with van der Waals surface area (Å²) in [7, 11) is 0. The van der Waals surface area contributed by atoms with E-state index in [-0.39, 0.29) is 54.7 Å². The van der Waals surface area contributed by atoms with Crippen molar-refractivity contribution in [3.63, 3.8) is 0 Å². The lowest BCUT2D eigenvalue weighted by Crippen LogP contribution is -2.18. The average Bonchev–Trinajstić information content (AvgIpc) is 3.76. The van der Waals surface area contributed by atoms with E-state index in [1.165, 1.54) is 48.5 Å². The molecule has 306 valence electrons. The van der Waals surface area contributed by atoms with Gasteiger partial charge in [-0.2, -0.15) is 0 Å². The van der Waals surface area contributed by atoms with Crippen LogP contribution in [0.2, 0.25) is 0 Å². The minimum absolute atomic E-state index is 0.0977. The third-order valence-electron chi connectivity index (χ3n) is 10.3. The highest BCUT2D eigenvalue weighted by Gasteiger charge is 2.25. The van der Waals surface area contributed by atoms with Gasteiger partial charge in [-0.25, -0.2) is 19.2 Å². The quantitative estimate of drug-likeness (QED) is 0.0901. The molecular weight excluding hydrogens is 793 g/mol. The maximum Gasteiger partial charge on any atom is 0.353 e. The number of phenolic OH excluding ortho intramolecular Hbond substituents is 2. The largest absolute Gasteiger partial charge is 0.508 e. The first kappa shape index (κ1) is 41.7. The molecule has 7 aromatic rings. The first-order valence-electron chi connectivity index (χ1n) is 19.1. The molecule has 0 bridgehead atoms. The highest BCUT2D eigenvalue weighted by molar-refractivity contribution is 7.15. The molecule has 0 aliphatic rings. The van der Waals surface area contributed by atoms with E-state index in [2.05, 4.69) is 27.7 Å². The molecule has 1 aromatic heterocycles. The number of carbonyl (C=O) groups excluding carboxylic acids is 4. The molecule has 10 nitrogen and oxygen atoms in total. The lowest BCUT2D eigenvalue weighted by atomic mass is 9.78. The van der Waals surface area contributed by atoms with Crippen molar-refractivity contribution in [1.82, 2.24) is 0 Å². The molecular formula is C50H40O10S. The molecule has 0 unspecified atom stereocenters. The van der Waals surface area contributed by atoms with Crippen molar-refractivity contribution in [2.24, 2.45) is 0 Å². The van der Waals surface area contributed by atoms with Gasteiger partial charge in [-0.15, -0.1) is 11.3 Å². The monoisotopic (exact) mass is 832 g/mol. The third kappa shape index (κ3) is 9.70. The summed E-state index contributed by atoms with van der Waals surface area (Å²) in [5, 5.41) is 19.3. The Morgan fingerprint density at radius 1 is 0.393 bits per heavy atom. The maximum atomic E-state index is 13.1. The highest BCUT2D eigenvalue weighted by atomic mass is 32.1. The molecule has 0 spiro atoms. The Balaban J connectivity index is 0.925. The van der Waals surface area contributed by atoms with Gasteiger partial charge in [0.05, 0.1) is 11.1 Å². The average molecular weight is 833 g/mol. The molecule has 0 fully saturated rings. The second-order valence-corrected chi connectivity index (χ2v) is 16.3. The van der Waals surface area contributed by atoms with Crippen molar-refractivity contribution >= 4 is 35.2 Å². The number of hydrogen-bond acceptors (Lipinski definition) is 11. The van der Waals surface area contributed by atoms with Gasteiger partial charge in [-0.05, 0) is 119 Å². The summed E-state index contributed by atoms with van der Waals surface area (Å²) in [6.07, 6.45) is 0. The van der Waals surface area contributed by atoms with E-state index in [4.69, 9.17) is 18.9 Å². The minimum atomic E-state index is -0.747. The van der Waals surface area contributed by atoms with Crippen molar-refractivity contribution in [2.75, 3.05) is 0 Å². The van der Waals surface area contributed by atoms with Gasteiger partial charge in [0.1, 0.15) is 44.3 Å². The Hall–Kier alpha value is -7.50. The predicted molar refractivity (Wildman–Crippen MR) is 230 cm³/mol. The van der Waals surface area contributed by atoms with Crippen LogP contribution < -0.4 is 18.9 Å². The summed E-state index contributed by atoms with van der Waals surface area (Å²) in [5.41, 5.74) is 3.56. The topological polar surface area (TPSA) is 146 Å². The standard InChI is InChI=1S/C50H40O10S/c1-49(2,33-11-19-37(51)20-12-33)35-15-23-39(24-16-35)57-45(53)31-7-5-9-41(29-31)59-47(55)43-27-28-44(61-43)48(56)60-42-10-6-8-32(30-42)46(54)58-40-25-17-36(18-26-40)50(3,4)34-13-21-38(52)22-14-34/h5-30,51-52H,1-4H3. The smallest absolute Gasteiger partial charge is 0.353 e. The summed E-state index contributed by atoms with van der Waals surface area (Å²) in [6, 6.07) is 43.2. The Labute approximate surface area is 356 Å². The van der Waals surface area contributed by atoms with Crippen LogP contribution in [0.4, 0.5) is 0 Å². The Morgan fingerprint density at radius 3 is 1.05 bits per heavy atom. The Morgan fingerprint density at radius 2 is 0.705 bits per heavy atom. The molecule has 1 heterocycles. The Bertz CT molecular complexity index is 2530. The second-order valence-electron chi connectivity index (χ2n) is 15.2. The number of carbonyl (C=O) groups is 4. The van der Waals surface area contributed by atoms with Crippen molar-refractivity contribution in [3.8, 4) is 34.5 Å². The number of hydrogen-bond donors (Lipinski definition) is 2. The number of esters is 4. The molecule has 0 amide bonds. The van der Waals surface area contributed by atoms with Gasteiger partial charge in [-0.3, -0.25) is 0 Å². The molecule has 0 saturated carbocycles. The zero-order chi connectivity index (χ0) is 43.3. The van der Waals surface area contributed by atoms with Crippen LogP contribution in [-0.4, -0.2) is 34.1 Å². The van der Waals surface area contributed by atoms with Crippen LogP contribution in [0.15, 0.2) is 158 Å². The second kappa shape index (κ2) is 17.4. The van der Waals surface area contributed by atoms with Crippen molar-refractivity contribution in [1.29, 1.82) is 0 Å². The van der Waals surface area contributed by atoms with Gasteiger partial charge in [0.25, 0.3) is 0 Å². The number of aromatic hydroxyl groups is 2. The zero-order valence-electron chi connectivity index (χ0n) is 33.6. The van der Waals surface area contributed by atoms with E-state index < -0.39 is 23.9 Å². The lowest BCUT2D eigenvalue weighted by molar-refractivity contribution is 0.0716. The fourth-order valence-electron chi connectivity index (χ4n) is 6.55. The van der Waals surface area contributed by atoms with E-state index in [0.29, 0.717) is 11.5 Å². The molecule has 61 heavy (non-hydrogen) atoms. The van der Waals surface area contributed by atoms with E-state index in [0.717, 1.165) is 33.6 Å². The number of thiophene rings is 1. The normalized spacial score (nSPS) is 11.3. The fourth-order valence-corrected chi connectivity index (χ4v) is 7.30. The predicted octanol–water partition coefficient (Wildman–Crippen LogP) is 10.7. The van der Waals surface area contributed by atoms with E-state index in [1.54, 1.807) is 60.7 Å². The number of benzene rings is 6. The van der Waals surface area contributed by atoms with Crippen LogP contribution in [0, 0.1) is 0 Å². The van der Waals surface area contributed by atoms with Gasteiger partial charge in [-0.1, -0.05) is 88.4 Å². The first-order valence-corrected chi connectivity index (χ1v) is 20.0. The Kier molecular flexibility index (Phi) is 11.9. The zero-order valence-corrected chi connectivity index (χ0v) is 34.4. The fraction of sp³-hybridized carbons (Fsp3) is 0.120. The van der Waals surface area contributed by atoms with E-state index in [9.17, 15) is 29.4 Å². The van der Waals surface area contributed by atoms with E-state index >= 15 is 0 Å². The summed E-state index contributed by atoms with van der Waals surface area (Å²) < 4.78 is 22.3. The number of rotatable bonds is 12. The molecule has 0 saturated heterocycles. The molecule has 0 atom stereocenters. The van der Waals surface area contributed by atoms with Gasteiger partial charge in [0.2, 0.25) is 0 Å². The number of ether oxygens (including phenoxy) is 4. The maximum absolute atomic E-state index is 13.1. The molecule has 6 aromatic carbocycles. The molecule has 0 radical (unpaired) electrons.